The topological polar surface area (TPSA) is 12.0 Å². The molecule has 0 saturated heterocycles. The number of allylic oxidation sites excluding steroid dienone is 1. The summed E-state index contributed by atoms with van der Waals surface area (Å²) in [5.74, 6) is 1.82. The Balaban J connectivity index is 2.07. The third-order valence-corrected chi connectivity index (χ3v) is 3.97. The number of hydrogen-bond acceptors (Lipinski definition) is 1. The standard InChI is InChI=1S/C13H23N/c1-11-9-14-10-12-5-3-2-4-6-13(11)8-7-12/h9,12-14H,2-8,10H2,1H3/b11-9-. The van der Waals surface area contributed by atoms with Gasteiger partial charge in [-0.1, -0.05) is 24.8 Å². The van der Waals surface area contributed by atoms with Crippen molar-refractivity contribution in [3.63, 3.8) is 0 Å². The van der Waals surface area contributed by atoms with Gasteiger partial charge in [0.1, 0.15) is 0 Å². The molecule has 0 spiro atoms. The molecular formula is C13H23N. The Bertz CT molecular complexity index is 207. The highest BCUT2D eigenvalue weighted by Crippen LogP contribution is 2.30. The van der Waals surface area contributed by atoms with E-state index in [1.807, 2.05) is 0 Å². The van der Waals surface area contributed by atoms with E-state index in [0.29, 0.717) is 0 Å². The summed E-state index contributed by atoms with van der Waals surface area (Å²) in [5.41, 5.74) is 1.59. The van der Waals surface area contributed by atoms with Crippen molar-refractivity contribution in [2.75, 3.05) is 6.54 Å². The van der Waals surface area contributed by atoms with Gasteiger partial charge >= 0.3 is 0 Å². The van der Waals surface area contributed by atoms with E-state index < -0.39 is 0 Å². The van der Waals surface area contributed by atoms with Gasteiger partial charge in [-0.15, -0.1) is 0 Å². The van der Waals surface area contributed by atoms with E-state index >= 15 is 0 Å². The SMILES string of the molecule is C/C1=C/NCC2CCCCCC1CC2. The van der Waals surface area contributed by atoms with Gasteiger partial charge in [0.2, 0.25) is 0 Å². The van der Waals surface area contributed by atoms with E-state index in [-0.39, 0.29) is 0 Å². The fourth-order valence-corrected chi connectivity index (χ4v) is 2.89. The molecule has 1 saturated carbocycles. The van der Waals surface area contributed by atoms with Gasteiger partial charge < -0.3 is 5.32 Å². The maximum Gasteiger partial charge on any atom is 0.0169 e. The first-order chi connectivity index (χ1) is 6.86. The summed E-state index contributed by atoms with van der Waals surface area (Å²) in [7, 11) is 0. The van der Waals surface area contributed by atoms with Crippen molar-refractivity contribution in [2.45, 2.75) is 51.9 Å². The van der Waals surface area contributed by atoms with Crippen molar-refractivity contribution >= 4 is 0 Å². The fraction of sp³-hybridized carbons (Fsp3) is 0.846. The van der Waals surface area contributed by atoms with Crippen LogP contribution in [-0.4, -0.2) is 6.54 Å². The average Bonchev–Trinajstić information content (AvgIpc) is 2.25. The summed E-state index contributed by atoms with van der Waals surface area (Å²) in [5, 5.41) is 3.50. The third-order valence-electron chi connectivity index (χ3n) is 3.97. The lowest BCUT2D eigenvalue weighted by Crippen LogP contribution is -2.22. The summed E-state index contributed by atoms with van der Waals surface area (Å²) in [6.07, 6.45) is 12.4. The van der Waals surface area contributed by atoms with Crippen LogP contribution in [0, 0.1) is 11.8 Å². The molecule has 2 rings (SSSR count). The molecule has 0 aromatic rings. The van der Waals surface area contributed by atoms with Crippen LogP contribution in [0.2, 0.25) is 0 Å². The molecule has 80 valence electrons. The van der Waals surface area contributed by atoms with Crippen LogP contribution in [0.4, 0.5) is 0 Å². The summed E-state index contributed by atoms with van der Waals surface area (Å²) < 4.78 is 0. The van der Waals surface area contributed by atoms with E-state index in [4.69, 9.17) is 0 Å². The van der Waals surface area contributed by atoms with Gasteiger partial charge in [0.15, 0.2) is 0 Å². The fourth-order valence-electron chi connectivity index (χ4n) is 2.89. The maximum absolute atomic E-state index is 3.50. The predicted molar refractivity (Wildman–Crippen MR) is 61.1 cm³/mol. The molecule has 0 aromatic heterocycles. The van der Waals surface area contributed by atoms with Crippen LogP contribution in [-0.2, 0) is 0 Å². The molecule has 1 aliphatic carbocycles. The zero-order chi connectivity index (χ0) is 9.80. The first-order valence-electron chi connectivity index (χ1n) is 6.26. The van der Waals surface area contributed by atoms with Crippen molar-refractivity contribution in [1.82, 2.24) is 5.32 Å². The second-order valence-electron chi connectivity index (χ2n) is 5.07. The van der Waals surface area contributed by atoms with Crippen molar-refractivity contribution in [3.8, 4) is 0 Å². The molecular weight excluding hydrogens is 170 g/mol. The highest BCUT2D eigenvalue weighted by molar-refractivity contribution is 5.04. The Hall–Kier alpha value is -0.460. The molecule has 2 unspecified atom stereocenters. The second-order valence-corrected chi connectivity index (χ2v) is 5.07. The molecule has 0 radical (unpaired) electrons. The van der Waals surface area contributed by atoms with Crippen LogP contribution < -0.4 is 5.32 Å². The van der Waals surface area contributed by atoms with Crippen molar-refractivity contribution < 1.29 is 0 Å². The smallest absolute Gasteiger partial charge is 0.0169 e. The molecule has 1 N–H and O–H groups in total. The molecule has 14 heavy (non-hydrogen) atoms. The zero-order valence-electron chi connectivity index (χ0n) is 9.39. The van der Waals surface area contributed by atoms with Gasteiger partial charge in [-0.25, -0.2) is 0 Å². The molecule has 1 nitrogen and oxygen atoms in total. The highest BCUT2D eigenvalue weighted by atomic mass is 14.8. The van der Waals surface area contributed by atoms with Crippen LogP contribution >= 0.6 is 0 Å². The van der Waals surface area contributed by atoms with E-state index in [9.17, 15) is 0 Å². The molecule has 2 atom stereocenters. The third kappa shape index (κ3) is 2.52. The molecule has 0 amide bonds. The summed E-state index contributed by atoms with van der Waals surface area (Å²) in [4.78, 5) is 0. The Morgan fingerprint density at radius 3 is 2.86 bits per heavy atom. The van der Waals surface area contributed by atoms with Crippen molar-refractivity contribution in [1.29, 1.82) is 0 Å². The minimum absolute atomic E-state index is 0.878. The van der Waals surface area contributed by atoms with Gasteiger partial charge in [-0.05, 0) is 50.6 Å². The maximum atomic E-state index is 3.50. The Morgan fingerprint density at radius 1 is 1.07 bits per heavy atom. The largest absolute Gasteiger partial charge is 0.391 e. The first-order valence-corrected chi connectivity index (χ1v) is 6.26. The van der Waals surface area contributed by atoms with E-state index in [1.165, 1.54) is 51.5 Å². The monoisotopic (exact) mass is 193 g/mol. The van der Waals surface area contributed by atoms with Crippen molar-refractivity contribution in [2.24, 2.45) is 11.8 Å². The first kappa shape index (κ1) is 10.1. The highest BCUT2D eigenvalue weighted by Gasteiger charge is 2.19. The predicted octanol–water partition coefficient (Wildman–Crippen LogP) is 3.47. The van der Waals surface area contributed by atoms with E-state index in [1.54, 1.807) is 5.57 Å². The molecule has 1 heterocycles. The van der Waals surface area contributed by atoms with Crippen LogP contribution in [0.3, 0.4) is 0 Å². The lowest BCUT2D eigenvalue weighted by Gasteiger charge is -2.24. The lowest BCUT2D eigenvalue weighted by atomic mass is 9.87. The van der Waals surface area contributed by atoms with Crippen LogP contribution in [0.15, 0.2) is 11.8 Å². The Labute approximate surface area is 88.0 Å². The van der Waals surface area contributed by atoms with Gasteiger partial charge in [0, 0.05) is 6.54 Å². The molecule has 2 bridgehead atoms. The van der Waals surface area contributed by atoms with Crippen LogP contribution in [0.25, 0.3) is 0 Å². The van der Waals surface area contributed by atoms with E-state index in [0.717, 1.165) is 11.8 Å². The second kappa shape index (κ2) is 4.86. The zero-order valence-corrected chi connectivity index (χ0v) is 9.39. The number of hydrogen-bond donors (Lipinski definition) is 1. The Morgan fingerprint density at radius 2 is 1.93 bits per heavy atom. The van der Waals surface area contributed by atoms with Crippen molar-refractivity contribution in [3.05, 3.63) is 11.8 Å². The number of nitrogens with one attached hydrogen (secondary N) is 1. The normalized spacial score (nSPS) is 37.9. The molecule has 1 aliphatic heterocycles. The van der Waals surface area contributed by atoms with Gasteiger partial charge in [-0.3, -0.25) is 0 Å². The Kier molecular flexibility index (Phi) is 3.49. The van der Waals surface area contributed by atoms with Crippen LogP contribution in [0.5, 0.6) is 0 Å². The van der Waals surface area contributed by atoms with Crippen LogP contribution in [0.1, 0.15) is 51.9 Å². The molecule has 1 heteroatoms. The summed E-state index contributed by atoms with van der Waals surface area (Å²) >= 11 is 0. The molecule has 2 aliphatic rings. The summed E-state index contributed by atoms with van der Waals surface area (Å²) in [6, 6.07) is 0. The minimum Gasteiger partial charge on any atom is -0.391 e. The molecule has 0 aromatic carbocycles. The van der Waals surface area contributed by atoms with Gasteiger partial charge in [0.25, 0.3) is 0 Å². The van der Waals surface area contributed by atoms with Gasteiger partial charge in [0.05, 0.1) is 0 Å². The summed E-state index contributed by atoms with van der Waals surface area (Å²) in [6.45, 7) is 3.51. The number of rotatable bonds is 0. The lowest BCUT2D eigenvalue weighted by molar-refractivity contribution is 0.382. The minimum atomic E-state index is 0.878. The van der Waals surface area contributed by atoms with Gasteiger partial charge in [-0.2, -0.15) is 0 Å². The van der Waals surface area contributed by atoms with E-state index in [2.05, 4.69) is 18.4 Å². The number of fused-ring (bicyclic) bond motifs is 3. The quantitative estimate of drug-likeness (QED) is 0.621. The average molecular weight is 193 g/mol. The molecule has 1 fully saturated rings.